The largest absolute Gasteiger partial charge is 0.493 e. The van der Waals surface area contributed by atoms with Crippen molar-refractivity contribution in [3.63, 3.8) is 0 Å². The number of ether oxygens (including phenoxy) is 1. The summed E-state index contributed by atoms with van der Waals surface area (Å²) < 4.78 is 37.1. The summed E-state index contributed by atoms with van der Waals surface area (Å²) in [5.41, 5.74) is 1.99. The van der Waals surface area contributed by atoms with Crippen LogP contribution in [0.3, 0.4) is 0 Å². The molecule has 0 spiro atoms. The number of nitrogens with zero attached hydrogens (tertiary/aromatic N) is 2. The first kappa shape index (κ1) is 22.4. The van der Waals surface area contributed by atoms with Gasteiger partial charge in [-0.25, -0.2) is 13.4 Å². The molecule has 0 unspecified atom stereocenters. The minimum Gasteiger partial charge on any atom is -0.493 e. The van der Waals surface area contributed by atoms with Crippen molar-refractivity contribution < 1.29 is 27.5 Å². The van der Waals surface area contributed by atoms with E-state index in [1.54, 1.807) is 18.4 Å². The Hall–Kier alpha value is -3.33. The average molecular weight is 445 g/mol. The molecule has 9 heteroatoms. The molecule has 0 aliphatic carbocycles. The number of aromatic nitrogens is 1. The summed E-state index contributed by atoms with van der Waals surface area (Å²) >= 11 is 0. The van der Waals surface area contributed by atoms with E-state index in [9.17, 15) is 13.2 Å². The number of aliphatic carboxylic acids is 1. The van der Waals surface area contributed by atoms with E-state index in [1.165, 1.54) is 26.0 Å². The summed E-state index contributed by atoms with van der Waals surface area (Å²) in [4.78, 5) is 15.6. The van der Waals surface area contributed by atoms with Crippen LogP contribution in [0, 0.1) is 0 Å². The van der Waals surface area contributed by atoms with Gasteiger partial charge in [0.25, 0.3) is 0 Å². The second-order valence-corrected chi connectivity index (χ2v) is 9.49. The minimum absolute atomic E-state index is 0.267. The molecule has 1 aromatic heterocycles. The van der Waals surface area contributed by atoms with Gasteiger partial charge in [0.1, 0.15) is 24.3 Å². The topological polar surface area (TPSA) is 110 Å². The number of rotatable bonds is 10. The molecule has 0 aliphatic heterocycles. The van der Waals surface area contributed by atoms with Gasteiger partial charge < -0.3 is 14.3 Å². The third kappa shape index (κ3) is 5.64. The van der Waals surface area contributed by atoms with Gasteiger partial charge in [0.15, 0.2) is 5.89 Å². The fourth-order valence-corrected chi connectivity index (χ4v) is 4.05. The molecule has 0 saturated heterocycles. The normalized spacial score (nSPS) is 11.5. The van der Waals surface area contributed by atoms with Crippen LogP contribution in [0.25, 0.3) is 11.3 Å². The molecule has 1 N–H and O–H groups in total. The van der Waals surface area contributed by atoms with Crippen molar-refractivity contribution in [1.82, 2.24) is 4.98 Å². The van der Waals surface area contributed by atoms with Crippen LogP contribution in [0.2, 0.25) is 0 Å². The van der Waals surface area contributed by atoms with E-state index >= 15 is 0 Å². The summed E-state index contributed by atoms with van der Waals surface area (Å²) in [5, 5.41) is 8.35. The first-order chi connectivity index (χ1) is 14.8. The van der Waals surface area contributed by atoms with Crippen LogP contribution >= 0.6 is 0 Å². The Morgan fingerprint density at radius 1 is 1.13 bits per heavy atom. The van der Waals surface area contributed by atoms with Crippen molar-refractivity contribution >= 4 is 21.7 Å². The Morgan fingerprint density at radius 2 is 1.81 bits per heavy atom. The lowest BCUT2D eigenvalue weighted by Crippen LogP contribution is -2.40. The molecule has 3 rings (SSSR count). The molecular formula is C22H24N2O6S. The van der Waals surface area contributed by atoms with Crippen molar-refractivity contribution in [2.24, 2.45) is 0 Å². The first-order valence-corrected chi connectivity index (χ1v) is 11.2. The van der Waals surface area contributed by atoms with Crippen LogP contribution in [0.4, 0.5) is 5.69 Å². The summed E-state index contributed by atoms with van der Waals surface area (Å²) in [5.74, 6) is -0.160. The molecule has 2 aromatic carbocycles. The van der Waals surface area contributed by atoms with Crippen LogP contribution < -0.4 is 9.04 Å². The van der Waals surface area contributed by atoms with Gasteiger partial charge in [-0.1, -0.05) is 30.3 Å². The van der Waals surface area contributed by atoms with Crippen LogP contribution in [-0.2, 0) is 21.2 Å². The highest BCUT2D eigenvalue weighted by Crippen LogP contribution is 2.24. The van der Waals surface area contributed by atoms with Crippen molar-refractivity contribution in [3.8, 4) is 17.0 Å². The Balaban J connectivity index is 1.61. The lowest BCUT2D eigenvalue weighted by molar-refractivity contribution is -0.135. The number of oxazole rings is 1. The number of carboxylic acid groups (broad SMARTS) is 1. The van der Waals surface area contributed by atoms with Crippen LogP contribution in [0.15, 0.2) is 65.3 Å². The molecule has 8 nitrogen and oxygen atoms in total. The fourth-order valence-electron chi connectivity index (χ4n) is 2.84. The quantitative estimate of drug-likeness (QED) is 0.509. The summed E-state index contributed by atoms with van der Waals surface area (Å²) in [6.07, 6.45) is 2.06. The molecular weight excluding hydrogens is 420 g/mol. The van der Waals surface area contributed by atoms with Gasteiger partial charge in [0.05, 0.1) is 24.0 Å². The van der Waals surface area contributed by atoms with Crippen molar-refractivity contribution in [1.29, 1.82) is 0 Å². The van der Waals surface area contributed by atoms with Gasteiger partial charge in [0.2, 0.25) is 10.0 Å². The molecule has 3 aromatic rings. The number of hydrogen-bond donors (Lipinski definition) is 1. The van der Waals surface area contributed by atoms with Gasteiger partial charge in [-0.2, -0.15) is 0 Å². The predicted octanol–water partition coefficient (Wildman–Crippen LogP) is 3.59. The zero-order valence-corrected chi connectivity index (χ0v) is 18.1. The smallest absolute Gasteiger partial charge is 0.324 e. The molecule has 31 heavy (non-hydrogen) atoms. The fraction of sp³-hybridized carbons (Fsp3) is 0.273. The maximum absolute atomic E-state index is 12.5. The zero-order chi connectivity index (χ0) is 22.4. The van der Waals surface area contributed by atoms with Crippen molar-refractivity contribution in [2.75, 3.05) is 17.5 Å². The first-order valence-electron chi connectivity index (χ1n) is 9.73. The Morgan fingerprint density at radius 3 is 2.42 bits per heavy atom. The number of sulfonamides is 1. The van der Waals surface area contributed by atoms with E-state index in [4.69, 9.17) is 14.3 Å². The Labute approximate surface area is 181 Å². The number of anilines is 1. The molecule has 0 bridgehead atoms. The number of hydrogen-bond acceptors (Lipinski definition) is 6. The molecule has 164 valence electrons. The molecule has 0 fully saturated rings. The third-order valence-corrected chi connectivity index (χ3v) is 6.66. The summed E-state index contributed by atoms with van der Waals surface area (Å²) in [6.45, 7) is 2.69. The van der Waals surface area contributed by atoms with Crippen molar-refractivity contribution in [3.05, 3.63) is 66.8 Å². The van der Waals surface area contributed by atoms with Crippen LogP contribution in [0.5, 0.6) is 5.75 Å². The zero-order valence-electron chi connectivity index (χ0n) is 17.3. The van der Waals surface area contributed by atoms with Gasteiger partial charge in [0, 0.05) is 5.56 Å². The Bertz CT molecular complexity index is 1110. The molecule has 1 heterocycles. The molecule has 0 atom stereocenters. The summed E-state index contributed by atoms with van der Waals surface area (Å²) in [7, 11) is -3.78. The molecule has 0 radical (unpaired) electrons. The average Bonchev–Trinajstić information content (AvgIpc) is 3.22. The second kappa shape index (κ2) is 9.65. The van der Waals surface area contributed by atoms with E-state index in [0.717, 1.165) is 15.6 Å². The maximum atomic E-state index is 12.5. The molecule has 0 saturated carbocycles. The highest BCUT2D eigenvalue weighted by molar-refractivity contribution is 7.93. The second-order valence-electron chi connectivity index (χ2n) is 7.08. The maximum Gasteiger partial charge on any atom is 0.324 e. The van der Waals surface area contributed by atoms with Gasteiger partial charge in [-0.05, 0) is 38.1 Å². The van der Waals surface area contributed by atoms with Crippen molar-refractivity contribution in [2.45, 2.75) is 25.5 Å². The lowest BCUT2D eigenvalue weighted by atomic mass is 10.2. The van der Waals surface area contributed by atoms with Gasteiger partial charge in [-0.3, -0.25) is 9.10 Å². The standard InChI is InChI=1S/C22H24N2O6S/c1-16(2)31(27,28)24(14-22(25)26)18-8-10-19(11-9-18)29-13-12-21-23-20(15-30-21)17-6-4-3-5-7-17/h3-11,15-16H,12-14H2,1-2H3,(H,25,26). The van der Waals surface area contributed by atoms with E-state index in [2.05, 4.69) is 4.98 Å². The number of carboxylic acids is 1. The molecule has 0 aliphatic rings. The van der Waals surface area contributed by atoms with Gasteiger partial charge >= 0.3 is 5.97 Å². The Kier molecular flexibility index (Phi) is 6.96. The monoisotopic (exact) mass is 444 g/mol. The highest BCUT2D eigenvalue weighted by Gasteiger charge is 2.28. The summed E-state index contributed by atoms with van der Waals surface area (Å²) in [6, 6.07) is 16.0. The predicted molar refractivity (Wildman–Crippen MR) is 117 cm³/mol. The van der Waals surface area contributed by atoms with Gasteiger partial charge in [-0.15, -0.1) is 0 Å². The minimum atomic E-state index is -3.78. The SMILES string of the molecule is CC(C)S(=O)(=O)N(CC(=O)O)c1ccc(OCCc2nc(-c3ccccc3)co2)cc1. The number of carbonyl (C=O) groups is 1. The number of benzene rings is 2. The van der Waals surface area contributed by atoms with Crippen LogP contribution in [-0.4, -0.2) is 42.9 Å². The highest BCUT2D eigenvalue weighted by atomic mass is 32.2. The van der Waals surface area contributed by atoms with Crippen LogP contribution in [0.1, 0.15) is 19.7 Å². The molecule has 0 amide bonds. The van der Waals surface area contributed by atoms with E-state index in [-0.39, 0.29) is 5.69 Å². The lowest BCUT2D eigenvalue weighted by Gasteiger charge is -2.25. The third-order valence-electron chi connectivity index (χ3n) is 4.51. The van der Waals surface area contributed by atoms with E-state index < -0.39 is 27.8 Å². The van der Waals surface area contributed by atoms with E-state index in [0.29, 0.717) is 24.7 Å². The van der Waals surface area contributed by atoms with E-state index in [1.807, 2.05) is 30.3 Å².